The van der Waals surface area contributed by atoms with Gasteiger partial charge in [0.25, 0.3) is 10.0 Å². The summed E-state index contributed by atoms with van der Waals surface area (Å²) in [6.07, 6.45) is 2.33. The highest BCUT2D eigenvalue weighted by molar-refractivity contribution is 7.89. The molecule has 1 aliphatic rings. The van der Waals surface area contributed by atoms with Gasteiger partial charge in [0, 0.05) is 45.4 Å². The van der Waals surface area contributed by atoms with Crippen molar-refractivity contribution in [1.29, 1.82) is 0 Å². The smallest absolute Gasteiger partial charge is 0.407 e. The third-order valence-electron chi connectivity index (χ3n) is 6.21. The van der Waals surface area contributed by atoms with Crippen molar-refractivity contribution in [3.05, 3.63) is 84.3 Å². The number of amides is 1. The summed E-state index contributed by atoms with van der Waals surface area (Å²) < 4.78 is 35.2. The second-order valence-electron chi connectivity index (χ2n) is 8.65. The molecule has 10 heteroatoms. The van der Waals surface area contributed by atoms with Gasteiger partial charge in [-0.2, -0.15) is 4.31 Å². The van der Waals surface area contributed by atoms with Gasteiger partial charge < -0.3 is 19.3 Å². The maximum absolute atomic E-state index is 13.3. The minimum absolute atomic E-state index is 0.0383. The van der Waals surface area contributed by atoms with Crippen LogP contribution >= 0.6 is 0 Å². The highest BCUT2D eigenvalue weighted by Gasteiger charge is 2.44. The summed E-state index contributed by atoms with van der Waals surface area (Å²) in [6.45, 7) is 1.35. The zero-order valence-electron chi connectivity index (χ0n) is 19.6. The van der Waals surface area contributed by atoms with E-state index in [1.807, 2.05) is 60.7 Å². The number of aromatic nitrogens is 2. The van der Waals surface area contributed by atoms with Gasteiger partial charge in [-0.1, -0.05) is 60.7 Å². The van der Waals surface area contributed by atoms with Gasteiger partial charge in [-0.05, 0) is 17.5 Å². The molecular weight excluding hydrogens is 468 g/mol. The molecule has 0 spiro atoms. The largest absolute Gasteiger partial charge is 0.465 e. The second-order valence-corrected chi connectivity index (χ2v) is 10.5. The number of aryl methyl sites for hydroxylation is 1. The van der Waals surface area contributed by atoms with E-state index in [0.717, 1.165) is 11.1 Å². The lowest BCUT2D eigenvalue weighted by Gasteiger charge is -2.30. The first-order chi connectivity index (χ1) is 16.9. The molecule has 1 N–H and O–H groups in total. The molecule has 1 fully saturated rings. The van der Waals surface area contributed by atoms with Gasteiger partial charge in [0.2, 0.25) is 0 Å². The van der Waals surface area contributed by atoms with E-state index in [1.54, 1.807) is 11.6 Å². The predicted octanol–water partition coefficient (Wildman–Crippen LogP) is 3.16. The molecule has 1 saturated heterocycles. The average Bonchev–Trinajstić information content (AvgIpc) is 3.50. The summed E-state index contributed by atoms with van der Waals surface area (Å²) in [4.78, 5) is 17.7. The maximum atomic E-state index is 13.3. The van der Waals surface area contributed by atoms with E-state index in [1.165, 1.54) is 21.7 Å². The van der Waals surface area contributed by atoms with Crippen molar-refractivity contribution in [1.82, 2.24) is 18.8 Å². The molecular formula is C25H30N4O5S. The number of carboxylic acid groups (broad SMARTS) is 1. The molecule has 186 valence electrons. The number of ether oxygens (including phenoxy) is 1. The Hall–Kier alpha value is -3.21. The van der Waals surface area contributed by atoms with Gasteiger partial charge in [0.1, 0.15) is 0 Å². The van der Waals surface area contributed by atoms with Crippen LogP contribution in [0.3, 0.4) is 0 Å². The number of nitrogens with zero attached hydrogens (tertiary/aromatic N) is 4. The third kappa shape index (κ3) is 5.90. The molecule has 2 aromatic carbocycles. The van der Waals surface area contributed by atoms with Crippen LogP contribution in [-0.4, -0.2) is 70.7 Å². The monoisotopic (exact) mass is 498 g/mol. The fourth-order valence-electron chi connectivity index (χ4n) is 4.45. The van der Waals surface area contributed by atoms with Crippen LogP contribution in [-0.2, 0) is 28.4 Å². The summed E-state index contributed by atoms with van der Waals surface area (Å²) in [7, 11) is -2.15. The predicted molar refractivity (Wildman–Crippen MR) is 130 cm³/mol. The molecule has 1 aliphatic heterocycles. The van der Waals surface area contributed by atoms with Crippen molar-refractivity contribution >= 4 is 16.1 Å². The molecule has 0 unspecified atom stereocenters. The Morgan fingerprint density at radius 1 is 1.11 bits per heavy atom. The molecule has 4 rings (SSSR count). The molecule has 2 atom stereocenters. The fourth-order valence-corrected chi connectivity index (χ4v) is 5.90. The van der Waals surface area contributed by atoms with Crippen molar-refractivity contribution in [2.45, 2.75) is 30.0 Å². The maximum Gasteiger partial charge on any atom is 0.407 e. The first kappa shape index (κ1) is 24.9. The van der Waals surface area contributed by atoms with Crippen molar-refractivity contribution in [3.63, 3.8) is 0 Å². The second kappa shape index (κ2) is 11.0. The average molecular weight is 499 g/mol. The van der Waals surface area contributed by atoms with Crippen molar-refractivity contribution in [2.75, 3.05) is 26.2 Å². The Labute approximate surface area is 205 Å². The summed E-state index contributed by atoms with van der Waals surface area (Å²) in [5.41, 5.74) is 1.96. The van der Waals surface area contributed by atoms with Crippen LogP contribution in [0.4, 0.5) is 4.79 Å². The standard InChI is InChI=1S/C25H30N4O5S/c1-27-17-24(26-19-27)35(32,33)28-15-22(21-11-6-3-7-12-21)23(16-28)29(25(30)31)13-8-14-34-18-20-9-4-2-5-10-20/h2-7,9-12,17,19,22-23H,8,13-16,18H2,1H3,(H,30,31)/t22-,23+/m1/s1. The van der Waals surface area contributed by atoms with E-state index >= 15 is 0 Å². The summed E-state index contributed by atoms with van der Waals surface area (Å²) in [5.74, 6) is -0.295. The fraction of sp³-hybridized carbons (Fsp3) is 0.360. The van der Waals surface area contributed by atoms with Crippen molar-refractivity contribution in [3.8, 4) is 0 Å². The Kier molecular flexibility index (Phi) is 7.84. The van der Waals surface area contributed by atoms with Crippen LogP contribution in [0.2, 0.25) is 0 Å². The first-order valence-electron chi connectivity index (χ1n) is 11.5. The first-order valence-corrected chi connectivity index (χ1v) is 12.9. The molecule has 1 amide bonds. The lowest BCUT2D eigenvalue weighted by molar-refractivity contribution is 0.0925. The number of rotatable bonds is 10. The molecule has 0 bridgehead atoms. The van der Waals surface area contributed by atoms with Crippen LogP contribution in [0.1, 0.15) is 23.5 Å². The Morgan fingerprint density at radius 2 is 1.80 bits per heavy atom. The molecule has 0 radical (unpaired) electrons. The van der Waals surface area contributed by atoms with Gasteiger partial charge in [-0.15, -0.1) is 0 Å². The minimum atomic E-state index is -3.85. The topological polar surface area (TPSA) is 105 Å². The van der Waals surface area contributed by atoms with Crippen LogP contribution < -0.4 is 0 Å². The zero-order valence-corrected chi connectivity index (χ0v) is 20.4. The quantitative estimate of drug-likeness (QED) is 0.431. The lowest BCUT2D eigenvalue weighted by atomic mass is 9.93. The number of benzene rings is 2. The Bertz CT molecular complexity index is 1220. The summed E-state index contributed by atoms with van der Waals surface area (Å²) in [6, 6.07) is 18.7. The molecule has 35 heavy (non-hydrogen) atoms. The third-order valence-corrected chi connectivity index (χ3v) is 7.93. The number of imidazole rings is 1. The van der Waals surface area contributed by atoms with E-state index in [-0.39, 0.29) is 30.6 Å². The molecule has 1 aromatic heterocycles. The van der Waals surface area contributed by atoms with E-state index in [0.29, 0.717) is 19.6 Å². The van der Waals surface area contributed by atoms with Gasteiger partial charge in [-0.3, -0.25) is 0 Å². The normalized spacial score (nSPS) is 18.5. The van der Waals surface area contributed by atoms with Crippen LogP contribution in [0, 0.1) is 0 Å². The molecule has 0 saturated carbocycles. The number of carbonyl (C=O) groups is 1. The van der Waals surface area contributed by atoms with Crippen LogP contribution in [0.15, 0.2) is 78.2 Å². The van der Waals surface area contributed by atoms with Gasteiger partial charge in [-0.25, -0.2) is 18.2 Å². The van der Waals surface area contributed by atoms with E-state index in [2.05, 4.69) is 4.98 Å². The van der Waals surface area contributed by atoms with Gasteiger partial charge in [0.05, 0.1) is 19.0 Å². The van der Waals surface area contributed by atoms with Gasteiger partial charge >= 0.3 is 6.09 Å². The lowest BCUT2D eigenvalue weighted by Crippen LogP contribution is -2.44. The summed E-state index contributed by atoms with van der Waals surface area (Å²) >= 11 is 0. The zero-order chi connectivity index (χ0) is 24.8. The van der Waals surface area contributed by atoms with E-state index < -0.39 is 22.2 Å². The van der Waals surface area contributed by atoms with E-state index in [9.17, 15) is 18.3 Å². The molecule has 0 aliphatic carbocycles. The van der Waals surface area contributed by atoms with Crippen molar-refractivity contribution in [2.24, 2.45) is 7.05 Å². The number of hydrogen-bond donors (Lipinski definition) is 1. The van der Waals surface area contributed by atoms with Crippen LogP contribution in [0.5, 0.6) is 0 Å². The highest BCUT2D eigenvalue weighted by atomic mass is 32.2. The minimum Gasteiger partial charge on any atom is -0.465 e. The number of hydrogen-bond acceptors (Lipinski definition) is 5. The molecule has 9 nitrogen and oxygen atoms in total. The Morgan fingerprint density at radius 3 is 2.43 bits per heavy atom. The van der Waals surface area contributed by atoms with Gasteiger partial charge in [0.15, 0.2) is 5.03 Å². The molecule has 3 aromatic rings. The Balaban J connectivity index is 1.48. The summed E-state index contributed by atoms with van der Waals surface area (Å²) in [5, 5.41) is 10.0. The SMILES string of the molecule is Cn1cnc(S(=O)(=O)N2C[C@H](c3ccccc3)[C@@H](N(CCCOCc3ccccc3)C(=O)O)C2)c1. The van der Waals surface area contributed by atoms with Crippen molar-refractivity contribution < 1.29 is 23.1 Å². The number of sulfonamides is 1. The molecule has 2 heterocycles. The van der Waals surface area contributed by atoms with E-state index in [4.69, 9.17) is 4.74 Å². The van der Waals surface area contributed by atoms with Crippen LogP contribution in [0.25, 0.3) is 0 Å². The highest BCUT2D eigenvalue weighted by Crippen LogP contribution is 2.34.